The lowest BCUT2D eigenvalue weighted by atomic mass is 10.2. The van der Waals surface area contributed by atoms with Crippen molar-refractivity contribution < 1.29 is 19.1 Å². The third-order valence-electron chi connectivity index (χ3n) is 4.51. The number of hydrogen-bond acceptors (Lipinski definition) is 5. The number of amides is 2. The fourth-order valence-electron chi connectivity index (χ4n) is 2.95. The second-order valence-electron chi connectivity index (χ2n) is 7.65. The van der Waals surface area contributed by atoms with Crippen molar-refractivity contribution in [2.24, 2.45) is 0 Å². The van der Waals surface area contributed by atoms with Gasteiger partial charge < -0.3 is 20.1 Å². The Kier molecular flexibility index (Phi) is 8.99. The lowest BCUT2D eigenvalue weighted by Crippen LogP contribution is -2.34. The molecule has 0 atom stereocenters. The summed E-state index contributed by atoms with van der Waals surface area (Å²) in [4.78, 5) is 24.6. The Morgan fingerprint density at radius 3 is 2.12 bits per heavy atom. The number of carbonyl (C=O) groups is 2. The molecule has 3 aromatic rings. The third-order valence-corrected chi connectivity index (χ3v) is 4.72. The molecule has 3 N–H and O–H groups in total. The Hall–Kier alpha value is -3.91. The number of carbonyl (C=O) groups excluding carboxylic acids is 2. The van der Waals surface area contributed by atoms with Gasteiger partial charge in [0.1, 0.15) is 24.7 Å². The minimum atomic E-state index is -0.364. The van der Waals surface area contributed by atoms with Crippen molar-refractivity contribution in [3.8, 4) is 11.5 Å². The number of rotatable bonds is 9. The van der Waals surface area contributed by atoms with E-state index in [1.54, 1.807) is 48.5 Å². The van der Waals surface area contributed by atoms with Crippen LogP contribution in [-0.4, -0.2) is 36.2 Å². The molecule has 2 amide bonds. The number of thiocarbonyl (C=S) groups is 1. The number of nitrogens with one attached hydrogen (secondary N) is 3. The molecule has 0 aliphatic rings. The first kappa shape index (κ1) is 24.7. The average molecular weight is 478 g/mol. The van der Waals surface area contributed by atoms with E-state index < -0.39 is 0 Å². The first-order valence-corrected chi connectivity index (χ1v) is 11.3. The van der Waals surface area contributed by atoms with Crippen LogP contribution < -0.4 is 25.4 Å². The molecule has 0 bridgehead atoms. The Bertz CT molecular complexity index is 1120. The molecule has 0 saturated heterocycles. The minimum absolute atomic E-state index is 0.0552. The number of para-hydroxylation sites is 1. The Morgan fingerprint density at radius 1 is 0.794 bits per heavy atom. The summed E-state index contributed by atoms with van der Waals surface area (Å²) in [6.07, 6.45) is 0. The van der Waals surface area contributed by atoms with Gasteiger partial charge in [0.25, 0.3) is 11.8 Å². The van der Waals surface area contributed by atoms with E-state index in [4.69, 9.17) is 21.7 Å². The molecule has 8 heteroatoms. The molecule has 0 spiro atoms. The van der Waals surface area contributed by atoms with Gasteiger partial charge in [-0.15, -0.1) is 0 Å². The summed E-state index contributed by atoms with van der Waals surface area (Å²) < 4.78 is 11.3. The molecule has 0 saturated carbocycles. The Morgan fingerprint density at radius 2 is 1.44 bits per heavy atom. The number of benzene rings is 3. The van der Waals surface area contributed by atoms with E-state index in [1.165, 1.54) is 0 Å². The van der Waals surface area contributed by atoms with Gasteiger partial charge in [-0.3, -0.25) is 14.9 Å². The van der Waals surface area contributed by atoms with Gasteiger partial charge in [-0.25, -0.2) is 0 Å². The van der Waals surface area contributed by atoms with Crippen molar-refractivity contribution in [3.05, 3.63) is 90.0 Å². The van der Waals surface area contributed by atoms with Gasteiger partial charge in [-0.2, -0.15) is 0 Å². The van der Waals surface area contributed by atoms with Crippen LogP contribution in [0.3, 0.4) is 0 Å². The minimum Gasteiger partial charge on any atom is -0.490 e. The van der Waals surface area contributed by atoms with E-state index in [-0.39, 0.29) is 23.0 Å². The highest BCUT2D eigenvalue weighted by atomic mass is 32.1. The Balaban J connectivity index is 1.47. The summed E-state index contributed by atoms with van der Waals surface area (Å²) in [5.41, 5.74) is 1.61. The van der Waals surface area contributed by atoms with E-state index in [0.717, 1.165) is 5.75 Å². The molecule has 0 radical (unpaired) electrons. The quantitative estimate of drug-likeness (QED) is 0.313. The van der Waals surface area contributed by atoms with Crippen LogP contribution in [0.15, 0.2) is 78.9 Å². The fraction of sp³-hybridized carbons (Fsp3) is 0.192. The summed E-state index contributed by atoms with van der Waals surface area (Å²) in [7, 11) is 0. The van der Waals surface area contributed by atoms with E-state index >= 15 is 0 Å². The molecular formula is C26H27N3O4S. The third kappa shape index (κ3) is 7.90. The highest BCUT2D eigenvalue weighted by Crippen LogP contribution is 2.14. The van der Waals surface area contributed by atoms with Crippen LogP contribution in [-0.2, 0) is 0 Å². The van der Waals surface area contributed by atoms with Crippen LogP contribution in [0.1, 0.15) is 34.6 Å². The molecule has 0 aliphatic carbocycles. The van der Waals surface area contributed by atoms with E-state index in [9.17, 15) is 9.59 Å². The van der Waals surface area contributed by atoms with Crippen LogP contribution in [0, 0.1) is 0 Å². The van der Waals surface area contributed by atoms with Crippen molar-refractivity contribution in [3.63, 3.8) is 0 Å². The van der Waals surface area contributed by atoms with Crippen molar-refractivity contribution in [1.29, 1.82) is 0 Å². The molecule has 7 nitrogen and oxygen atoms in total. The smallest absolute Gasteiger partial charge is 0.257 e. The molecule has 0 heterocycles. The van der Waals surface area contributed by atoms with Gasteiger partial charge in [0.15, 0.2) is 5.11 Å². The van der Waals surface area contributed by atoms with Gasteiger partial charge in [0.05, 0.1) is 0 Å². The van der Waals surface area contributed by atoms with Crippen molar-refractivity contribution >= 4 is 34.8 Å². The normalized spacial score (nSPS) is 10.3. The second-order valence-corrected chi connectivity index (χ2v) is 8.06. The molecular weight excluding hydrogens is 450 g/mol. The number of anilines is 1. The maximum Gasteiger partial charge on any atom is 0.257 e. The fourth-order valence-corrected chi connectivity index (χ4v) is 3.16. The monoisotopic (exact) mass is 477 g/mol. The summed E-state index contributed by atoms with van der Waals surface area (Å²) in [6, 6.07) is 23.2. The van der Waals surface area contributed by atoms with E-state index in [2.05, 4.69) is 16.0 Å². The molecule has 3 rings (SSSR count). The van der Waals surface area contributed by atoms with E-state index in [0.29, 0.717) is 35.8 Å². The highest BCUT2D eigenvalue weighted by Gasteiger charge is 2.10. The summed E-state index contributed by atoms with van der Waals surface area (Å²) >= 11 is 5.25. The van der Waals surface area contributed by atoms with Gasteiger partial charge in [-0.05, 0) is 80.7 Å². The van der Waals surface area contributed by atoms with Crippen molar-refractivity contribution in [2.75, 3.05) is 18.5 Å². The Labute approximate surface area is 204 Å². The van der Waals surface area contributed by atoms with E-state index in [1.807, 2.05) is 44.2 Å². The molecule has 0 unspecified atom stereocenters. The zero-order chi connectivity index (χ0) is 24.3. The van der Waals surface area contributed by atoms with Gasteiger partial charge in [0, 0.05) is 22.9 Å². The first-order chi connectivity index (χ1) is 16.4. The predicted molar refractivity (Wildman–Crippen MR) is 137 cm³/mol. The molecule has 0 aliphatic heterocycles. The zero-order valence-corrected chi connectivity index (χ0v) is 19.9. The molecule has 34 heavy (non-hydrogen) atoms. The lowest BCUT2D eigenvalue weighted by Gasteiger charge is -2.12. The lowest BCUT2D eigenvalue weighted by molar-refractivity contribution is 0.0941. The summed E-state index contributed by atoms with van der Waals surface area (Å²) in [5, 5.41) is 8.57. The SMILES string of the molecule is CC(C)NC(=O)c1ccc(NC(=S)NC(=O)c2cccc(OCCOc3ccccc3)c2)cc1. The summed E-state index contributed by atoms with van der Waals surface area (Å²) in [6.45, 7) is 4.52. The van der Waals surface area contributed by atoms with Gasteiger partial charge in [0.2, 0.25) is 0 Å². The van der Waals surface area contributed by atoms with Crippen LogP contribution >= 0.6 is 12.2 Å². The van der Waals surface area contributed by atoms with Crippen LogP contribution in [0.5, 0.6) is 11.5 Å². The average Bonchev–Trinajstić information content (AvgIpc) is 2.82. The zero-order valence-electron chi connectivity index (χ0n) is 19.0. The largest absolute Gasteiger partial charge is 0.490 e. The number of hydrogen-bond donors (Lipinski definition) is 3. The first-order valence-electron chi connectivity index (χ1n) is 10.8. The van der Waals surface area contributed by atoms with Crippen LogP contribution in [0.4, 0.5) is 5.69 Å². The van der Waals surface area contributed by atoms with Crippen LogP contribution in [0.2, 0.25) is 0 Å². The maximum absolute atomic E-state index is 12.6. The topological polar surface area (TPSA) is 88.7 Å². The predicted octanol–water partition coefficient (Wildman–Crippen LogP) is 4.41. The second kappa shape index (κ2) is 12.4. The van der Waals surface area contributed by atoms with Crippen molar-refractivity contribution in [2.45, 2.75) is 19.9 Å². The standard InChI is InChI=1S/C26H27N3O4S/c1-18(2)27-24(30)19-11-13-21(14-12-19)28-26(34)29-25(31)20-7-6-10-23(17-20)33-16-15-32-22-8-4-3-5-9-22/h3-14,17-18H,15-16H2,1-2H3,(H,27,30)(H2,28,29,31,34). The molecule has 3 aromatic carbocycles. The van der Waals surface area contributed by atoms with Crippen LogP contribution in [0.25, 0.3) is 0 Å². The highest BCUT2D eigenvalue weighted by molar-refractivity contribution is 7.80. The summed E-state index contributed by atoms with van der Waals surface area (Å²) in [5.74, 6) is 0.815. The molecule has 176 valence electrons. The maximum atomic E-state index is 12.6. The van der Waals surface area contributed by atoms with Gasteiger partial charge >= 0.3 is 0 Å². The number of ether oxygens (including phenoxy) is 2. The van der Waals surface area contributed by atoms with Crippen molar-refractivity contribution in [1.82, 2.24) is 10.6 Å². The molecule has 0 aromatic heterocycles. The molecule has 0 fully saturated rings. The van der Waals surface area contributed by atoms with Gasteiger partial charge in [-0.1, -0.05) is 24.3 Å².